The van der Waals surface area contributed by atoms with Crippen molar-refractivity contribution in [1.82, 2.24) is 0 Å². The number of aliphatic hydroxyl groups is 1. The van der Waals surface area contributed by atoms with Gasteiger partial charge in [0.25, 0.3) is 0 Å². The highest BCUT2D eigenvalue weighted by molar-refractivity contribution is 6.17. The smallest absolute Gasteiger partial charge is 0.132 e. The van der Waals surface area contributed by atoms with Gasteiger partial charge in [-0.3, -0.25) is 0 Å². The van der Waals surface area contributed by atoms with Crippen molar-refractivity contribution >= 4 is 22.7 Å². The van der Waals surface area contributed by atoms with E-state index in [0.717, 1.165) is 36.8 Å². The van der Waals surface area contributed by atoms with E-state index in [4.69, 9.17) is 68.6 Å². The second-order valence-electron chi connectivity index (χ2n) is 14.1. The molecule has 4 aromatic carbocycles. The van der Waals surface area contributed by atoms with Gasteiger partial charge in [-0.15, -0.1) is 11.6 Å². The number of hydrogen-bond donors (Lipinski definition) is 1. The zero-order valence-electron chi connectivity index (χ0n) is 61.3. The Kier molecular flexibility index (Phi) is 6.42. The summed E-state index contributed by atoms with van der Waals surface area (Å²) in [6.45, 7) is 8.19. The lowest BCUT2D eigenvalue weighted by Crippen LogP contribution is -2.11. The van der Waals surface area contributed by atoms with Crippen LogP contribution < -0.4 is 9.47 Å². The molecule has 0 unspecified atom stereocenters. The van der Waals surface area contributed by atoms with Crippen LogP contribution in [0.5, 0.6) is 11.5 Å². The van der Waals surface area contributed by atoms with Crippen LogP contribution in [0.15, 0.2) is 72.8 Å². The predicted octanol–water partition coefficient (Wildman–Crippen LogP) is 16.1. The summed E-state index contributed by atoms with van der Waals surface area (Å²) in [6.07, 6.45) is 7.96. The summed E-state index contributed by atoms with van der Waals surface area (Å²) >= 11 is 5.95. The second-order valence-corrected chi connectivity index (χ2v) is 14.3. The molecule has 2 aliphatic carbocycles. The first-order valence-electron chi connectivity index (χ1n) is 32.7. The van der Waals surface area contributed by atoms with Crippen LogP contribution in [-0.4, -0.2) is 19.3 Å². The number of benzene rings is 4. The lowest BCUT2D eigenvalue weighted by molar-refractivity contribution is 0.281. The van der Waals surface area contributed by atoms with Gasteiger partial charge < -0.3 is 14.6 Å². The van der Waals surface area contributed by atoms with E-state index < -0.39 is 23.3 Å². The number of methoxy groups -OCH3 is 2. The molecule has 8 heteroatoms. The van der Waals surface area contributed by atoms with E-state index in [0.29, 0.717) is 33.8 Å². The predicted molar refractivity (Wildman–Crippen MR) is 230 cm³/mol. The summed E-state index contributed by atoms with van der Waals surface area (Å²) in [5.41, 5.74) is 5.16. The summed E-state index contributed by atoms with van der Waals surface area (Å²) in [5.74, 6) is -0.833. The molecule has 0 saturated heterocycles. The molecule has 298 valence electrons. The Balaban J connectivity index is -0.0000000718. The molecule has 0 aliphatic heterocycles. The molecule has 3 nitrogen and oxygen atoms in total. The first-order chi connectivity index (χ1) is 39.7. The van der Waals surface area contributed by atoms with Gasteiger partial charge in [0.05, 0.1) is 20.8 Å². The molecule has 0 amide bonds. The summed E-state index contributed by atoms with van der Waals surface area (Å²) in [6, 6.07) is 15.0. The van der Waals surface area contributed by atoms with Crippen LogP contribution in [0.2, 0.25) is 0 Å². The van der Waals surface area contributed by atoms with E-state index in [1.807, 2.05) is 6.07 Å². The minimum Gasteiger partial charge on any atom is -0.497 e. The van der Waals surface area contributed by atoms with Crippen LogP contribution in [0.4, 0.5) is 17.6 Å². The quantitative estimate of drug-likeness (QED) is 0.142. The van der Waals surface area contributed by atoms with Crippen molar-refractivity contribution in [2.75, 3.05) is 14.2 Å². The van der Waals surface area contributed by atoms with Gasteiger partial charge in [-0.05, 0) is 131 Å². The molecule has 0 atom stereocenters. The van der Waals surface area contributed by atoms with Crippen LogP contribution in [0.25, 0.3) is 33.4 Å². The first-order valence-corrected chi connectivity index (χ1v) is 17.2. The Morgan fingerprint density at radius 3 is 1.42 bits per heavy atom. The Morgan fingerprint density at radius 2 is 1.06 bits per heavy atom. The van der Waals surface area contributed by atoms with Crippen LogP contribution in [-0.2, 0) is 12.5 Å². The van der Waals surface area contributed by atoms with Gasteiger partial charge in [-0.1, -0.05) is 39.8 Å². The van der Waals surface area contributed by atoms with Crippen molar-refractivity contribution in [2.45, 2.75) is 65.9 Å². The summed E-state index contributed by atoms with van der Waals surface area (Å²) in [7, 11) is 3.00. The minimum atomic E-state index is -0.544. The molecule has 0 fully saturated rings. The number of halogens is 5. The lowest BCUT2D eigenvalue weighted by atomic mass is 9.79. The summed E-state index contributed by atoms with van der Waals surface area (Å²) in [5, 5.41) is 9.48. The average Bonchev–Trinajstić information content (AvgIpc) is 4.13. The minimum absolute atomic E-state index is 0. The van der Waals surface area contributed by atoms with Crippen LogP contribution in [0, 0.1) is 34.1 Å². The third kappa shape index (κ3) is 7.50. The number of ether oxygens (including phenoxy) is 2. The SMILES string of the molecule is COc1ccc(F)c(-c2c(F)cc(CCl)cc2C2=CCCC2(C)C)c1.COc1ccc(F)c(-c2c(F)cc(CO)cc2C2=CCCC2(C)C)c1.[3HH].[3H][3H].[3H][3H].[3H][3H].[3H][3H].[3H][3H].[3H][3H].[3H][3H].[3H][3H].[3H][3H].[3H][3H].[3H][3H].[3H][3H].[3H][3H].[3H][3H].[3H][3H].[3H][3H]. The maximum Gasteiger partial charge on any atom is 0.132 e. The van der Waals surface area contributed by atoms with E-state index in [1.54, 1.807) is 12.1 Å². The van der Waals surface area contributed by atoms with Crippen molar-refractivity contribution in [3.63, 3.8) is 0 Å². The molecule has 4 aromatic rings. The Bertz CT molecular complexity index is 1900. The number of aliphatic hydroxyl groups excluding tert-OH is 1. The molecular weight excluding hydrogens is 664 g/mol. The normalized spacial score (nSPS) is 18.6. The molecule has 0 saturated carbocycles. The lowest BCUT2D eigenvalue weighted by Gasteiger charge is -2.26. The van der Waals surface area contributed by atoms with Gasteiger partial charge in [0.1, 0.15) is 34.8 Å². The van der Waals surface area contributed by atoms with Crippen molar-refractivity contribution < 1.29 is 81.1 Å². The van der Waals surface area contributed by atoms with E-state index in [9.17, 15) is 18.3 Å². The molecule has 0 radical (unpaired) electrons. The molecule has 0 bridgehead atoms. The molecule has 1 N–H and O–H groups in total. The molecule has 2 aliphatic rings. The van der Waals surface area contributed by atoms with Gasteiger partial charge in [0.2, 0.25) is 0 Å². The number of alkyl halides is 1. The van der Waals surface area contributed by atoms with E-state index in [1.165, 1.54) is 56.7 Å². The second kappa shape index (κ2) is 15.0. The summed E-state index contributed by atoms with van der Waals surface area (Å²) in [4.78, 5) is 0. The summed E-state index contributed by atoms with van der Waals surface area (Å²) < 4.78 is 229. The van der Waals surface area contributed by atoms with Gasteiger partial charge in [-0.25, -0.2) is 17.6 Å². The first kappa shape index (κ1) is 21.3. The van der Waals surface area contributed by atoms with Gasteiger partial charge >= 0.3 is 0 Å². The maximum absolute atomic E-state index is 15.0. The third-order valence-electron chi connectivity index (χ3n) is 9.80. The fourth-order valence-electron chi connectivity index (χ4n) is 7.04. The zero-order chi connectivity index (χ0) is 68.4. The fraction of sp³-hybridized carbons (Fsp3) is 0.333. The van der Waals surface area contributed by atoms with Crippen molar-refractivity contribution in [3.05, 3.63) is 118 Å². The van der Waals surface area contributed by atoms with Gasteiger partial charge in [0.15, 0.2) is 0 Å². The fourth-order valence-corrected chi connectivity index (χ4v) is 7.19. The average molecular weight is 808 g/mol. The van der Waals surface area contributed by atoms with E-state index in [-0.39, 0.29) is 47.0 Å². The van der Waals surface area contributed by atoms with E-state index >= 15 is 4.39 Å². The number of rotatable bonds is 8. The Hall–Kier alpha value is -4.07. The number of allylic oxidation sites excluding steroid dienone is 4. The zero-order valence-corrected chi connectivity index (χ0v) is 30.1. The standard InChI is InChI=1S/C21H21ClF2O.C21H22F2O2.17H2/c1-21(2)8-4-5-17(21)15-9-13(12-22)10-19(24)20(15)16-11-14(25-3)6-7-18(16)23;1-21(2)8-4-5-17(21)15-9-13(12-24)10-19(23)20(15)16-11-14(25-3)6-7-18(16)22;;;;;;;;;;;;;;;;;/h5-7,9-11H,4,8,12H2,1-3H3;5-7,9-11,24H,4,8,12H2,1-3H3;17*1H/i;;16*1+2T;1+2. The maximum atomic E-state index is 15.0. The molecular formula is C42H77ClF4O3. The molecule has 6 rings (SSSR count). The topological polar surface area (TPSA) is 38.7 Å². The Labute approximate surface area is 348 Å². The number of hydrogen-bond acceptors (Lipinski definition) is 3. The van der Waals surface area contributed by atoms with Crippen molar-refractivity contribution in [2.24, 2.45) is 10.8 Å². The van der Waals surface area contributed by atoms with Gasteiger partial charge in [-0.2, -0.15) is 0 Å². The molecule has 0 aromatic heterocycles. The van der Waals surface area contributed by atoms with E-state index in [2.05, 4.69) is 39.8 Å². The van der Waals surface area contributed by atoms with Crippen LogP contribution in [0.3, 0.4) is 0 Å². The third-order valence-corrected chi connectivity index (χ3v) is 10.1. The van der Waals surface area contributed by atoms with Gasteiger partial charge in [0, 0.05) is 77.1 Å². The van der Waals surface area contributed by atoms with Crippen LogP contribution >= 0.6 is 11.6 Å². The van der Waals surface area contributed by atoms with Crippen molar-refractivity contribution in [3.8, 4) is 33.8 Å². The van der Waals surface area contributed by atoms with Crippen LogP contribution in [0.1, 0.15) is 125 Å². The highest BCUT2D eigenvalue weighted by atomic mass is 35.5. The molecule has 50 heavy (non-hydrogen) atoms. The molecule has 0 heterocycles. The highest BCUT2D eigenvalue weighted by Gasteiger charge is 2.33. The monoisotopic (exact) mass is 807 g/mol. The highest BCUT2D eigenvalue weighted by Crippen LogP contribution is 2.49. The Morgan fingerprint density at radius 1 is 0.640 bits per heavy atom. The van der Waals surface area contributed by atoms with Crippen molar-refractivity contribution in [1.29, 1.82) is 0 Å². The molecule has 0 spiro atoms. The largest absolute Gasteiger partial charge is 0.497 e.